The van der Waals surface area contributed by atoms with Gasteiger partial charge in [0.05, 0.1) is 31.0 Å². The summed E-state index contributed by atoms with van der Waals surface area (Å²) in [6, 6.07) is 3.98. The van der Waals surface area contributed by atoms with E-state index in [2.05, 4.69) is 0 Å². The Bertz CT molecular complexity index is 1310. The van der Waals surface area contributed by atoms with Gasteiger partial charge in [-0.15, -0.1) is 0 Å². The lowest BCUT2D eigenvalue weighted by Gasteiger charge is -2.60. The van der Waals surface area contributed by atoms with Crippen LogP contribution in [0.15, 0.2) is 29.2 Å². The van der Waals surface area contributed by atoms with Crippen molar-refractivity contribution in [2.45, 2.75) is 55.9 Å². The maximum Gasteiger partial charge on any atom is 0.343 e. The number of esters is 1. The predicted molar refractivity (Wildman–Crippen MR) is 126 cm³/mol. The lowest BCUT2D eigenvalue weighted by Crippen LogP contribution is -2.71. The van der Waals surface area contributed by atoms with Crippen molar-refractivity contribution in [2.75, 3.05) is 19.2 Å². The summed E-state index contributed by atoms with van der Waals surface area (Å²) in [5.41, 5.74) is -2.93. The first-order valence-electron chi connectivity index (χ1n) is 11.1. The summed E-state index contributed by atoms with van der Waals surface area (Å²) in [7, 11) is 7.98. The first-order chi connectivity index (χ1) is 17.0. The molecule has 0 amide bonds. The minimum absolute atomic E-state index is 0.143. The second kappa shape index (κ2) is 8.53. The fourth-order valence-corrected chi connectivity index (χ4v) is 4.79. The van der Waals surface area contributed by atoms with Crippen molar-refractivity contribution in [3.8, 4) is 17.0 Å². The fourth-order valence-electron chi connectivity index (χ4n) is 4.79. The van der Waals surface area contributed by atoms with Gasteiger partial charge in [-0.1, -0.05) is 0 Å². The third kappa shape index (κ3) is 4.10. The van der Waals surface area contributed by atoms with Gasteiger partial charge in [0, 0.05) is 30.5 Å². The van der Waals surface area contributed by atoms with Gasteiger partial charge in [-0.3, -0.25) is 14.5 Å². The molecule has 0 aliphatic carbocycles. The first kappa shape index (κ1) is 27.1. The summed E-state index contributed by atoms with van der Waals surface area (Å²) in [6.07, 6.45) is 2.03. The number of hydrogen-bond acceptors (Lipinski definition) is 12. The van der Waals surface area contributed by atoms with E-state index in [-0.39, 0.29) is 29.5 Å². The topological polar surface area (TPSA) is 191 Å². The molecule has 2 aromatic rings. The molecule has 4 rings (SSSR count). The van der Waals surface area contributed by atoms with Gasteiger partial charge in [0.25, 0.3) is 0 Å². The molecular formula is C23H27BN2O11. The van der Waals surface area contributed by atoms with Crippen molar-refractivity contribution >= 4 is 13.8 Å². The van der Waals surface area contributed by atoms with Crippen LogP contribution in [0.1, 0.15) is 47.8 Å². The van der Waals surface area contributed by atoms with Crippen LogP contribution in [0.3, 0.4) is 0 Å². The molecule has 0 bridgehead atoms. The summed E-state index contributed by atoms with van der Waals surface area (Å²) in [5.74, 6) is -9.40. The second-order valence-electron chi connectivity index (χ2n) is 9.74. The zero-order chi connectivity index (χ0) is 27.7. The molecule has 1 aromatic heterocycles. The molecule has 1 fully saturated rings. The summed E-state index contributed by atoms with van der Waals surface area (Å²) < 4.78 is 16.8. The Morgan fingerprint density at radius 2 is 1.78 bits per heavy atom. The van der Waals surface area contributed by atoms with Crippen LogP contribution in [0.5, 0.6) is 5.75 Å². The van der Waals surface area contributed by atoms with Crippen LogP contribution in [0, 0.1) is 0 Å². The largest absolute Gasteiger partial charge is 0.466 e. The molecule has 37 heavy (non-hydrogen) atoms. The number of ether oxygens (including phenoxy) is 3. The zero-order valence-corrected chi connectivity index (χ0v) is 20.5. The zero-order valence-electron chi connectivity index (χ0n) is 20.5. The molecule has 2 atom stereocenters. The molecule has 1 saturated heterocycles. The highest BCUT2D eigenvalue weighted by atomic mass is 16.8. The second-order valence-corrected chi connectivity index (χ2v) is 9.74. The van der Waals surface area contributed by atoms with Gasteiger partial charge >= 0.3 is 17.7 Å². The van der Waals surface area contributed by atoms with Crippen LogP contribution < -0.4 is 15.2 Å². The third-order valence-electron chi connectivity index (χ3n) is 6.68. The normalized spacial score (nSPS) is 19.6. The minimum Gasteiger partial charge on any atom is -0.466 e. The average molecular weight is 518 g/mol. The molecule has 198 valence electrons. The Morgan fingerprint density at radius 3 is 2.32 bits per heavy atom. The van der Waals surface area contributed by atoms with Crippen LogP contribution in [0.25, 0.3) is 11.3 Å². The number of hydrogen-bond donors (Lipinski definition) is 6. The van der Waals surface area contributed by atoms with E-state index in [0.717, 1.165) is 0 Å². The predicted octanol–water partition coefficient (Wildman–Crippen LogP) is -1.87. The number of nitrogens with zero attached hydrogens (tertiary/aromatic N) is 2. The number of methoxy groups -OCH3 is 2. The van der Waals surface area contributed by atoms with E-state index in [0.29, 0.717) is 23.2 Å². The minimum atomic E-state index is -4.25. The Kier molecular flexibility index (Phi) is 6.24. The van der Waals surface area contributed by atoms with Crippen molar-refractivity contribution in [3.05, 3.63) is 51.3 Å². The molecule has 0 spiro atoms. The summed E-state index contributed by atoms with van der Waals surface area (Å²) in [6.45, 7) is 3.77. The highest BCUT2D eigenvalue weighted by Gasteiger charge is 2.61. The van der Waals surface area contributed by atoms with Crippen LogP contribution in [-0.2, 0) is 16.1 Å². The average Bonchev–Trinajstić information content (AvgIpc) is 2.77. The molecule has 2 aliphatic rings. The fraction of sp³-hybridized carbons (Fsp3) is 0.478. The molecule has 2 unspecified atom stereocenters. The first-order valence-corrected chi connectivity index (χ1v) is 11.1. The molecule has 1 aromatic carbocycles. The monoisotopic (exact) mass is 518 g/mol. The van der Waals surface area contributed by atoms with Crippen molar-refractivity contribution in [3.63, 3.8) is 0 Å². The van der Waals surface area contributed by atoms with Crippen LogP contribution in [0.4, 0.5) is 0 Å². The molecule has 14 heteroatoms. The van der Waals surface area contributed by atoms with Gasteiger partial charge < -0.3 is 44.8 Å². The molecular weight excluding hydrogens is 491 g/mol. The van der Waals surface area contributed by atoms with E-state index in [4.69, 9.17) is 22.1 Å². The van der Waals surface area contributed by atoms with Gasteiger partial charge in [-0.25, -0.2) is 4.79 Å². The summed E-state index contributed by atoms with van der Waals surface area (Å²) in [5, 5.41) is 60.0. The van der Waals surface area contributed by atoms with Crippen molar-refractivity contribution in [2.24, 2.45) is 0 Å². The number of aromatic nitrogens is 1. The van der Waals surface area contributed by atoms with Crippen LogP contribution in [-0.4, -0.2) is 86.3 Å². The summed E-state index contributed by atoms with van der Waals surface area (Å²) >= 11 is 0. The number of pyridine rings is 1. The Hall–Kier alpha value is -2.98. The number of carbonyl (C=O) groups excluding carboxylic acids is 1. The van der Waals surface area contributed by atoms with E-state index in [1.807, 2.05) is 18.9 Å². The van der Waals surface area contributed by atoms with Crippen molar-refractivity contribution < 1.29 is 49.6 Å². The Morgan fingerprint density at radius 1 is 1.14 bits per heavy atom. The Labute approximate surface area is 212 Å². The van der Waals surface area contributed by atoms with Gasteiger partial charge in [0.15, 0.2) is 13.3 Å². The van der Waals surface area contributed by atoms with Gasteiger partial charge in [-0.05, 0) is 38.0 Å². The highest BCUT2D eigenvalue weighted by Crippen LogP contribution is 2.52. The van der Waals surface area contributed by atoms with Crippen molar-refractivity contribution in [1.29, 1.82) is 0 Å². The number of aliphatic hydroxyl groups is 6. The molecule has 6 N–H and O–H groups in total. The number of fused-ring (bicyclic) bond motifs is 6. The van der Waals surface area contributed by atoms with E-state index in [1.165, 1.54) is 32.5 Å². The smallest absolute Gasteiger partial charge is 0.343 e. The van der Waals surface area contributed by atoms with E-state index in [9.17, 15) is 40.2 Å². The van der Waals surface area contributed by atoms with E-state index < -0.39 is 34.4 Å². The lowest BCUT2D eigenvalue weighted by molar-refractivity contribution is -0.488. The van der Waals surface area contributed by atoms with Gasteiger partial charge in [0.1, 0.15) is 11.3 Å². The number of rotatable bonds is 7. The van der Waals surface area contributed by atoms with Crippen LogP contribution in [0.2, 0.25) is 0 Å². The SMILES string of the molecule is [B]C(O)(Oc1cc2c(cc1COC)-c1cc(=O)c(C(=O)OC)cn1N1C2CC1(C)C)C(O)(O)C(O)(O)O. The maximum atomic E-state index is 12.8. The van der Waals surface area contributed by atoms with E-state index in [1.54, 1.807) is 10.7 Å². The quantitative estimate of drug-likeness (QED) is 0.136. The van der Waals surface area contributed by atoms with Crippen LogP contribution >= 0.6 is 0 Å². The standard InChI is InChI=1S/C23H27BN2O11/c1-20(2)8-16-13-6-18(37-22(24,31)21(29,30)23(32,33)34)11(10-35-3)5-12(13)15-7-17(27)14(19(28)36-4)9-25(15)26(16)20/h5-7,9,16,29-34H,8,10H2,1-4H3. The molecule has 13 nitrogen and oxygen atoms in total. The maximum absolute atomic E-state index is 12.8. The molecule has 2 aliphatic heterocycles. The Balaban J connectivity index is 1.91. The summed E-state index contributed by atoms with van der Waals surface area (Å²) in [4.78, 5) is 25.0. The lowest BCUT2D eigenvalue weighted by atomic mass is 9.76. The molecule has 2 radical (unpaired) electrons. The van der Waals surface area contributed by atoms with Crippen molar-refractivity contribution in [1.82, 2.24) is 4.68 Å². The third-order valence-corrected chi connectivity index (χ3v) is 6.68. The van der Waals surface area contributed by atoms with E-state index >= 15 is 0 Å². The highest BCUT2D eigenvalue weighted by molar-refractivity contribution is 6.14. The molecule has 0 saturated carbocycles. The molecule has 3 heterocycles. The number of benzene rings is 1. The van der Waals surface area contributed by atoms with Gasteiger partial charge in [0.2, 0.25) is 5.69 Å². The number of carbonyl (C=O) groups is 1. The van der Waals surface area contributed by atoms with Gasteiger partial charge in [-0.2, -0.15) is 0 Å².